The van der Waals surface area contributed by atoms with Crippen LogP contribution in [0.25, 0.3) is 0 Å². The van der Waals surface area contributed by atoms with Crippen LogP contribution in [0.4, 0.5) is 0 Å². The van der Waals surface area contributed by atoms with E-state index >= 15 is 16.8 Å². The number of nitrogens with zero attached hydrogens (tertiary/aromatic N) is 2. The summed E-state index contributed by atoms with van der Waals surface area (Å²) in [4.78, 5) is 54.5. The lowest BCUT2D eigenvalue weighted by Gasteiger charge is -2.45. The third-order valence-corrected chi connectivity index (χ3v) is 20.8. The summed E-state index contributed by atoms with van der Waals surface area (Å²) in [6.07, 6.45) is -4.97. The molecule has 2 aromatic rings. The molecule has 4 saturated carbocycles. The van der Waals surface area contributed by atoms with E-state index in [-0.39, 0.29) is 49.3 Å². The van der Waals surface area contributed by atoms with Crippen LogP contribution in [0.1, 0.15) is 77.3 Å². The van der Waals surface area contributed by atoms with Crippen LogP contribution in [0, 0.1) is 45.3 Å². The highest BCUT2D eigenvalue weighted by Crippen LogP contribution is 2.72. The number of nitrogens with two attached hydrogens (primary N) is 2. The fraction of sp³-hybridized carbons (Fsp3) is 0.652. The number of ether oxygens (including phenoxy) is 3. The third kappa shape index (κ3) is 7.99. The second kappa shape index (κ2) is 17.8. The molecule has 12 atom stereocenters. The van der Waals surface area contributed by atoms with Gasteiger partial charge in [-0.25, -0.2) is 16.8 Å². The molecule has 2 amide bonds. The molecular formula is C46H64N6O11S2. The van der Waals surface area contributed by atoms with E-state index in [1.54, 1.807) is 60.7 Å². The first-order valence-electron chi connectivity index (χ1n) is 22.7. The van der Waals surface area contributed by atoms with Crippen LogP contribution in [0.3, 0.4) is 0 Å². The van der Waals surface area contributed by atoms with Gasteiger partial charge in [-0.15, -0.1) is 8.61 Å². The van der Waals surface area contributed by atoms with E-state index in [0.717, 1.165) is 25.7 Å². The number of hydrogen-bond acceptors (Lipinski definition) is 13. The zero-order valence-corrected chi connectivity index (χ0v) is 39.2. The summed E-state index contributed by atoms with van der Waals surface area (Å²) < 4.78 is 81.4. The van der Waals surface area contributed by atoms with Gasteiger partial charge in [-0.2, -0.15) is 0 Å². The number of fused-ring (bicyclic) bond motifs is 10. The van der Waals surface area contributed by atoms with E-state index in [0.29, 0.717) is 45.8 Å². The first kappa shape index (κ1) is 47.8. The number of rotatable bonds is 22. The van der Waals surface area contributed by atoms with Crippen LogP contribution in [0.2, 0.25) is 0 Å². The maximum Gasteiger partial charge on any atom is 0.263 e. The van der Waals surface area contributed by atoms with Crippen molar-refractivity contribution in [2.75, 3.05) is 24.7 Å². The number of nitrogens with one attached hydrogen (secondary N) is 2. The molecule has 4 aliphatic carbocycles. The van der Waals surface area contributed by atoms with Crippen molar-refractivity contribution in [1.29, 1.82) is 0 Å². The Hall–Kier alpha value is -3.66. The smallest absolute Gasteiger partial charge is 0.263 e. The van der Waals surface area contributed by atoms with Crippen LogP contribution in [-0.4, -0.2) is 112 Å². The summed E-state index contributed by atoms with van der Waals surface area (Å²) in [5, 5.41) is 5.84. The number of carbonyl (C=O) groups excluding carboxylic acids is 4. The van der Waals surface area contributed by atoms with Gasteiger partial charge in [-0.05, 0) is 84.2 Å². The molecule has 8 rings (SSSR count). The molecule has 17 nitrogen and oxygen atoms in total. The molecule has 65 heavy (non-hydrogen) atoms. The van der Waals surface area contributed by atoms with Gasteiger partial charge in [0.25, 0.3) is 11.8 Å². The van der Waals surface area contributed by atoms with E-state index in [9.17, 15) is 19.2 Å². The number of aldehydes is 2. The summed E-state index contributed by atoms with van der Waals surface area (Å²) in [7, 11) is -9.73. The van der Waals surface area contributed by atoms with Crippen LogP contribution >= 0.6 is 0 Å². The summed E-state index contributed by atoms with van der Waals surface area (Å²) in [6.45, 7) is 8.87. The zero-order chi connectivity index (χ0) is 46.7. The van der Waals surface area contributed by atoms with E-state index < -0.39 is 102 Å². The standard InChI is InChI=1S/C46H64N6O11S2/c1-43(2)33-15-19-45(43,37-31(33)17-21-61-37)27-64(57,58)51(35(25-53)49-23-29-11-7-5-8-12-29)41(39(47)55)63-42(40(48)56)52(36(26-54)50-24-30-13-9-6-10-14-30)65(59,60)28-46-20-16-34(44(46,3)4)32-18-22-62-38(32)46/h5-14,25-26,31-38,41-42,49-50H,15-24,27-28H2,1-4H3,(H2,47,55)(H2,48,56)/t31-,32+,33?,34?,35?,36?,37-,38+,41-,42-,45+,46+/m1/s1. The average molecular weight is 941 g/mol. The van der Waals surface area contributed by atoms with Crippen molar-refractivity contribution in [1.82, 2.24) is 19.2 Å². The number of hydrogen-bond donors (Lipinski definition) is 4. The van der Waals surface area contributed by atoms with Gasteiger partial charge < -0.3 is 35.3 Å². The Morgan fingerprint density at radius 2 is 1.05 bits per heavy atom. The third-order valence-electron chi connectivity index (χ3n) is 16.9. The topological polar surface area (TPSA) is 247 Å². The molecule has 2 saturated heterocycles. The number of sulfonamides is 2. The highest BCUT2D eigenvalue weighted by Gasteiger charge is 2.73. The summed E-state index contributed by atoms with van der Waals surface area (Å²) in [6, 6.07) is 17.6. The van der Waals surface area contributed by atoms with Gasteiger partial charge in [0.2, 0.25) is 32.5 Å². The Kier molecular flexibility index (Phi) is 13.1. The van der Waals surface area contributed by atoms with Crippen molar-refractivity contribution in [2.45, 2.75) is 116 Å². The maximum absolute atomic E-state index is 15.4. The van der Waals surface area contributed by atoms with Crippen LogP contribution in [0.5, 0.6) is 0 Å². The first-order chi connectivity index (χ1) is 30.8. The summed E-state index contributed by atoms with van der Waals surface area (Å²) in [5.41, 5.74) is 10.4. The molecule has 2 heterocycles. The van der Waals surface area contributed by atoms with E-state index in [2.05, 4.69) is 10.6 Å². The first-order valence-corrected chi connectivity index (χ1v) is 25.9. The van der Waals surface area contributed by atoms with Gasteiger partial charge in [0.15, 0.2) is 12.6 Å². The van der Waals surface area contributed by atoms with Gasteiger partial charge in [0.05, 0.1) is 23.7 Å². The predicted molar refractivity (Wildman–Crippen MR) is 238 cm³/mol. The van der Waals surface area contributed by atoms with Crippen LogP contribution in [0.15, 0.2) is 60.7 Å². The Morgan fingerprint density at radius 3 is 1.38 bits per heavy atom. The highest BCUT2D eigenvalue weighted by molar-refractivity contribution is 7.89. The molecule has 2 aliphatic heterocycles. The minimum atomic E-state index is -4.86. The van der Waals surface area contributed by atoms with Gasteiger partial charge in [-0.1, -0.05) is 88.4 Å². The lowest BCUT2D eigenvalue weighted by Crippen LogP contribution is -2.66. The minimum Gasteiger partial charge on any atom is -0.377 e. The lowest BCUT2D eigenvalue weighted by atomic mass is 9.69. The molecule has 6 aliphatic rings. The van der Waals surface area contributed by atoms with Gasteiger partial charge >= 0.3 is 0 Å². The molecule has 0 radical (unpaired) electrons. The highest BCUT2D eigenvalue weighted by atomic mass is 32.2. The molecule has 4 bridgehead atoms. The Balaban J connectivity index is 1.21. The number of amides is 2. The average Bonchev–Trinajstić information content (AvgIpc) is 4.09. The minimum absolute atomic E-state index is 0.0618. The van der Waals surface area contributed by atoms with Gasteiger partial charge in [-0.3, -0.25) is 20.2 Å². The Bertz CT molecular complexity index is 2180. The monoisotopic (exact) mass is 940 g/mol. The Morgan fingerprint density at radius 1 is 0.677 bits per heavy atom. The normalized spacial score (nSPS) is 32.5. The quantitative estimate of drug-likeness (QED) is 0.0979. The second-order valence-corrected chi connectivity index (χ2v) is 24.0. The van der Waals surface area contributed by atoms with Gasteiger partial charge in [0.1, 0.15) is 12.3 Å². The second-order valence-electron chi connectivity index (χ2n) is 20.2. The number of primary amides is 2. The van der Waals surface area contributed by atoms with E-state index in [1.165, 1.54) is 0 Å². The summed E-state index contributed by atoms with van der Waals surface area (Å²) >= 11 is 0. The van der Waals surface area contributed by atoms with Crippen molar-refractivity contribution in [3.05, 3.63) is 71.8 Å². The van der Waals surface area contributed by atoms with E-state index in [4.69, 9.17) is 25.7 Å². The molecule has 6 N–H and O–H groups in total. The molecule has 19 heteroatoms. The molecule has 0 aromatic heterocycles. The van der Waals surface area contributed by atoms with Crippen molar-refractivity contribution < 1.29 is 50.2 Å². The molecule has 0 spiro atoms. The fourth-order valence-electron chi connectivity index (χ4n) is 13.7. The molecule has 356 valence electrons. The van der Waals surface area contributed by atoms with Gasteiger partial charge in [0, 0.05) is 37.1 Å². The number of benzene rings is 2. The maximum atomic E-state index is 15.4. The summed E-state index contributed by atoms with van der Waals surface area (Å²) in [5.74, 6) is -3.58. The lowest BCUT2D eigenvalue weighted by molar-refractivity contribution is -0.169. The molecular weight excluding hydrogens is 877 g/mol. The SMILES string of the molecule is CC1(C)C2CC[C@]1(CS(=O)(=O)N(C(C=O)NCc1ccccc1)[C@H](O[C@H](C(N)=O)N(C(C=O)NCc1ccccc1)S(=O)(=O)C[C@@]13CCC([C@@H]4CCO[C@@H]41)C3(C)C)C(N)=O)[C@@H]1OCC[C@H]21. The molecule has 6 fully saturated rings. The number of carbonyl (C=O) groups is 4. The van der Waals surface area contributed by atoms with E-state index in [1.807, 2.05) is 27.7 Å². The van der Waals surface area contributed by atoms with Crippen LogP contribution in [-0.2, 0) is 66.5 Å². The predicted octanol–water partition coefficient (Wildman–Crippen LogP) is 2.20. The largest absolute Gasteiger partial charge is 0.377 e. The zero-order valence-electron chi connectivity index (χ0n) is 37.5. The molecule has 2 aromatic carbocycles. The van der Waals surface area contributed by atoms with Crippen molar-refractivity contribution in [2.24, 2.45) is 56.8 Å². The molecule has 4 unspecified atom stereocenters. The van der Waals surface area contributed by atoms with Crippen molar-refractivity contribution in [3.63, 3.8) is 0 Å². The van der Waals surface area contributed by atoms with Crippen molar-refractivity contribution in [3.8, 4) is 0 Å². The Labute approximate surface area is 382 Å². The fourth-order valence-corrected chi connectivity index (χ4v) is 18.5. The van der Waals surface area contributed by atoms with Crippen molar-refractivity contribution >= 4 is 44.4 Å². The van der Waals surface area contributed by atoms with Crippen LogP contribution < -0.4 is 22.1 Å².